The fourth-order valence-corrected chi connectivity index (χ4v) is 4.14. The van der Waals surface area contributed by atoms with E-state index in [4.69, 9.17) is 10.5 Å². The van der Waals surface area contributed by atoms with Crippen molar-refractivity contribution in [2.45, 2.75) is 50.7 Å². The normalized spacial score (nSPS) is 27.9. The van der Waals surface area contributed by atoms with Gasteiger partial charge >= 0.3 is 0 Å². The van der Waals surface area contributed by atoms with Crippen molar-refractivity contribution in [3.05, 3.63) is 24.3 Å². The van der Waals surface area contributed by atoms with Gasteiger partial charge in [-0.2, -0.15) is 0 Å². The van der Waals surface area contributed by atoms with Gasteiger partial charge in [0.2, 0.25) is 5.91 Å². The Labute approximate surface area is 150 Å². The fourth-order valence-electron chi connectivity index (χ4n) is 4.14. The van der Waals surface area contributed by atoms with Crippen LogP contribution in [0.4, 0.5) is 5.69 Å². The smallest absolute Gasteiger partial charge is 0.226 e. The number of rotatable bonds is 4. The van der Waals surface area contributed by atoms with Crippen LogP contribution in [0.2, 0.25) is 0 Å². The largest absolute Gasteiger partial charge is 0.490 e. The Bertz CT molecular complexity index is 593. The van der Waals surface area contributed by atoms with Crippen molar-refractivity contribution in [1.29, 1.82) is 0 Å². The highest BCUT2D eigenvalue weighted by molar-refractivity contribution is 5.80. The van der Waals surface area contributed by atoms with E-state index in [0.717, 1.165) is 62.9 Å². The zero-order valence-electron chi connectivity index (χ0n) is 14.9. The number of ether oxygens (including phenoxy) is 1. The van der Waals surface area contributed by atoms with Crippen LogP contribution < -0.4 is 10.5 Å². The van der Waals surface area contributed by atoms with Gasteiger partial charge < -0.3 is 15.4 Å². The second-order valence-corrected chi connectivity index (χ2v) is 7.78. The van der Waals surface area contributed by atoms with Crippen molar-refractivity contribution >= 4 is 11.6 Å². The first-order valence-electron chi connectivity index (χ1n) is 9.74. The molecule has 0 atom stereocenters. The molecule has 1 aliphatic heterocycles. The molecular formula is C20H29N3O2. The lowest BCUT2D eigenvalue weighted by Gasteiger charge is -2.38. The van der Waals surface area contributed by atoms with Crippen LogP contribution in [0.5, 0.6) is 5.75 Å². The summed E-state index contributed by atoms with van der Waals surface area (Å²) in [5, 5.41) is 0. The molecule has 25 heavy (non-hydrogen) atoms. The second kappa shape index (κ2) is 7.24. The van der Waals surface area contributed by atoms with E-state index in [1.165, 1.54) is 19.3 Å². The summed E-state index contributed by atoms with van der Waals surface area (Å²) in [6.45, 7) is 4.02. The third-order valence-corrected chi connectivity index (χ3v) is 6.06. The maximum Gasteiger partial charge on any atom is 0.226 e. The molecule has 1 aromatic carbocycles. The third kappa shape index (κ3) is 3.76. The predicted octanol–water partition coefficient (Wildman–Crippen LogP) is 2.51. The lowest BCUT2D eigenvalue weighted by atomic mass is 9.81. The summed E-state index contributed by atoms with van der Waals surface area (Å²) in [5.41, 5.74) is 6.43. The van der Waals surface area contributed by atoms with E-state index in [1.807, 2.05) is 24.3 Å². The molecule has 136 valence electrons. The number of nitrogens with two attached hydrogens (primary N) is 1. The monoisotopic (exact) mass is 343 g/mol. The minimum Gasteiger partial charge on any atom is -0.490 e. The van der Waals surface area contributed by atoms with Crippen molar-refractivity contribution in [1.82, 2.24) is 9.80 Å². The molecule has 5 heteroatoms. The van der Waals surface area contributed by atoms with Crippen LogP contribution in [0, 0.1) is 5.92 Å². The highest BCUT2D eigenvalue weighted by Gasteiger charge is 2.39. The Morgan fingerprint density at radius 3 is 2.44 bits per heavy atom. The van der Waals surface area contributed by atoms with Gasteiger partial charge in [-0.1, -0.05) is 6.42 Å². The summed E-state index contributed by atoms with van der Waals surface area (Å²) in [5.74, 6) is 1.33. The highest BCUT2D eigenvalue weighted by Crippen LogP contribution is 2.33. The average molecular weight is 343 g/mol. The number of benzene rings is 1. The molecule has 4 rings (SSSR count). The molecule has 3 fully saturated rings. The van der Waals surface area contributed by atoms with Crippen LogP contribution in [0.3, 0.4) is 0 Å². The number of nitrogens with zero attached hydrogens (tertiary/aromatic N) is 2. The molecule has 0 aromatic heterocycles. The van der Waals surface area contributed by atoms with Crippen LogP contribution in [0.15, 0.2) is 24.3 Å². The maximum atomic E-state index is 12.8. The molecule has 2 saturated carbocycles. The van der Waals surface area contributed by atoms with Crippen LogP contribution in [0.25, 0.3) is 0 Å². The molecular weight excluding hydrogens is 314 g/mol. The molecule has 1 amide bonds. The van der Waals surface area contributed by atoms with Crippen LogP contribution >= 0.6 is 0 Å². The molecule has 1 saturated heterocycles. The fraction of sp³-hybridized carbons (Fsp3) is 0.650. The molecule has 1 heterocycles. The lowest BCUT2D eigenvalue weighted by molar-refractivity contribution is -0.141. The van der Waals surface area contributed by atoms with Crippen molar-refractivity contribution in [3.63, 3.8) is 0 Å². The molecule has 0 radical (unpaired) electrons. The topological polar surface area (TPSA) is 58.8 Å². The number of carbonyl (C=O) groups is 1. The van der Waals surface area contributed by atoms with Crippen LogP contribution in [-0.4, -0.2) is 54.0 Å². The van der Waals surface area contributed by atoms with Gasteiger partial charge in [0.15, 0.2) is 0 Å². The first kappa shape index (κ1) is 16.7. The summed E-state index contributed by atoms with van der Waals surface area (Å²) in [4.78, 5) is 17.5. The Hall–Kier alpha value is -1.75. The summed E-state index contributed by atoms with van der Waals surface area (Å²) in [6.07, 6.45) is 7.03. The predicted molar refractivity (Wildman–Crippen MR) is 98.4 cm³/mol. The number of hydrogen-bond donors (Lipinski definition) is 1. The summed E-state index contributed by atoms with van der Waals surface area (Å²) >= 11 is 0. The average Bonchev–Trinajstić information content (AvgIpc) is 2.76. The highest BCUT2D eigenvalue weighted by atomic mass is 16.5. The van der Waals surface area contributed by atoms with E-state index >= 15 is 0 Å². The summed E-state index contributed by atoms with van der Waals surface area (Å²) < 4.78 is 5.93. The molecule has 3 aliphatic rings. The maximum absolute atomic E-state index is 12.8. The van der Waals surface area contributed by atoms with Gasteiger partial charge in [0, 0.05) is 43.8 Å². The van der Waals surface area contributed by atoms with E-state index in [-0.39, 0.29) is 12.0 Å². The van der Waals surface area contributed by atoms with Gasteiger partial charge in [0.25, 0.3) is 0 Å². The minimum absolute atomic E-state index is 0.147. The van der Waals surface area contributed by atoms with Gasteiger partial charge in [-0.15, -0.1) is 0 Å². The number of amides is 1. The van der Waals surface area contributed by atoms with Crippen molar-refractivity contribution in [2.75, 3.05) is 31.9 Å². The zero-order valence-corrected chi connectivity index (χ0v) is 14.9. The third-order valence-electron chi connectivity index (χ3n) is 6.06. The Balaban J connectivity index is 1.23. The zero-order chi connectivity index (χ0) is 17.2. The van der Waals surface area contributed by atoms with Crippen molar-refractivity contribution < 1.29 is 9.53 Å². The summed E-state index contributed by atoms with van der Waals surface area (Å²) in [6, 6.07) is 8.28. The number of carbonyl (C=O) groups excluding carboxylic acids is 1. The molecule has 1 aromatic rings. The number of hydrogen-bond acceptors (Lipinski definition) is 4. The van der Waals surface area contributed by atoms with Gasteiger partial charge in [-0.05, 0) is 56.4 Å². The van der Waals surface area contributed by atoms with Crippen molar-refractivity contribution in [3.8, 4) is 5.75 Å². The molecule has 5 nitrogen and oxygen atoms in total. The molecule has 2 N–H and O–H groups in total. The Kier molecular flexibility index (Phi) is 4.84. The van der Waals surface area contributed by atoms with Crippen LogP contribution in [0.1, 0.15) is 38.5 Å². The Morgan fingerprint density at radius 2 is 1.76 bits per heavy atom. The van der Waals surface area contributed by atoms with E-state index < -0.39 is 0 Å². The van der Waals surface area contributed by atoms with Gasteiger partial charge in [-0.25, -0.2) is 0 Å². The van der Waals surface area contributed by atoms with Gasteiger partial charge in [-0.3, -0.25) is 9.69 Å². The SMILES string of the molecule is Nc1ccc(OC2CC(C(=O)N3CCCN(C4CCC4)CC3)C2)cc1. The van der Waals surface area contributed by atoms with Crippen molar-refractivity contribution in [2.24, 2.45) is 5.92 Å². The van der Waals surface area contributed by atoms with E-state index in [0.29, 0.717) is 5.91 Å². The number of nitrogen functional groups attached to an aromatic ring is 1. The van der Waals surface area contributed by atoms with E-state index in [1.54, 1.807) is 0 Å². The standard InChI is InChI=1S/C20H29N3O2/c21-16-5-7-18(8-6-16)25-19-13-15(14-19)20(24)23-10-2-9-22(11-12-23)17-3-1-4-17/h5-8,15,17,19H,1-4,9-14,21H2. The van der Waals surface area contributed by atoms with E-state index in [2.05, 4.69) is 9.80 Å². The lowest BCUT2D eigenvalue weighted by Crippen LogP contribution is -2.47. The minimum atomic E-state index is 0.147. The second-order valence-electron chi connectivity index (χ2n) is 7.78. The van der Waals surface area contributed by atoms with E-state index in [9.17, 15) is 4.79 Å². The molecule has 0 spiro atoms. The first-order valence-corrected chi connectivity index (χ1v) is 9.74. The molecule has 0 bridgehead atoms. The molecule has 2 aliphatic carbocycles. The van der Waals surface area contributed by atoms with Crippen LogP contribution in [-0.2, 0) is 4.79 Å². The molecule has 0 unspecified atom stereocenters. The number of anilines is 1. The van der Waals surface area contributed by atoms with Gasteiger partial charge in [0.05, 0.1) is 0 Å². The van der Waals surface area contributed by atoms with Gasteiger partial charge in [0.1, 0.15) is 11.9 Å². The first-order chi connectivity index (χ1) is 12.2. The Morgan fingerprint density at radius 1 is 1.00 bits per heavy atom. The summed E-state index contributed by atoms with van der Waals surface area (Å²) in [7, 11) is 0. The quantitative estimate of drug-likeness (QED) is 0.854.